The second kappa shape index (κ2) is 9.44. The van der Waals surface area contributed by atoms with E-state index < -0.39 is 23.6 Å². The molecule has 0 aliphatic carbocycles. The Morgan fingerprint density at radius 2 is 0.625 bits per heavy atom. The second-order valence-electron chi connectivity index (χ2n) is 12.4. The summed E-state index contributed by atoms with van der Waals surface area (Å²) in [5.74, 6) is -2.00. The van der Waals surface area contributed by atoms with Crippen LogP contribution in [-0.4, -0.2) is 23.6 Å². The van der Waals surface area contributed by atoms with Crippen molar-refractivity contribution < 1.29 is 19.2 Å². The molecule has 6 nitrogen and oxygen atoms in total. The summed E-state index contributed by atoms with van der Waals surface area (Å²) in [5.41, 5.74) is 2.05. The third kappa shape index (κ3) is 3.46. The Labute approximate surface area is 273 Å². The van der Waals surface area contributed by atoms with E-state index in [9.17, 15) is 19.2 Å². The van der Waals surface area contributed by atoms with Gasteiger partial charge in [0.15, 0.2) is 0 Å². The van der Waals surface area contributed by atoms with Crippen LogP contribution in [0.3, 0.4) is 0 Å². The van der Waals surface area contributed by atoms with Crippen LogP contribution in [0.4, 0.5) is 11.4 Å². The second-order valence-corrected chi connectivity index (χ2v) is 12.4. The Morgan fingerprint density at radius 1 is 0.312 bits per heavy atom. The van der Waals surface area contributed by atoms with E-state index in [0.29, 0.717) is 22.1 Å². The van der Waals surface area contributed by atoms with Gasteiger partial charge in [0.05, 0.1) is 11.4 Å². The van der Waals surface area contributed by atoms with Crippen LogP contribution in [0.15, 0.2) is 133 Å². The van der Waals surface area contributed by atoms with E-state index in [1.807, 2.05) is 97.1 Å². The average molecular weight is 619 g/mol. The molecule has 0 saturated carbocycles. The van der Waals surface area contributed by atoms with E-state index in [-0.39, 0.29) is 22.3 Å². The number of rotatable bonds is 2. The van der Waals surface area contributed by atoms with Crippen LogP contribution >= 0.6 is 0 Å². The maximum Gasteiger partial charge on any atom is 0.266 e. The fraction of sp³-hybridized carbons (Fsp3) is 0. The first-order chi connectivity index (χ1) is 23.5. The van der Waals surface area contributed by atoms with Gasteiger partial charge in [0, 0.05) is 43.8 Å². The van der Waals surface area contributed by atoms with Crippen molar-refractivity contribution in [2.45, 2.75) is 0 Å². The van der Waals surface area contributed by atoms with Gasteiger partial charge in [-0.05, 0) is 93.0 Å². The molecule has 0 spiro atoms. The number of hydrogen-bond donors (Lipinski definition) is 0. The first kappa shape index (κ1) is 26.5. The lowest BCUT2D eigenvalue weighted by Crippen LogP contribution is -2.43. The minimum Gasteiger partial charge on any atom is -0.268 e. The number of nitrogens with zero attached hydrogens (tertiary/aromatic N) is 2. The minimum absolute atomic E-state index is 0.272. The molecular formula is C42H22N2O4. The normalized spacial score (nSPS) is 14.3. The lowest BCUT2D eigenvalue weighted by atomic mass is 9.85. The van der Waals surface area contributed by atoms with E-state index >= 15 is 0 Å². The highest BCUT2D eigenvalue weighted by Gasteiger charge is 2.41. The molecule has 0 radical (unpaired) electrons. The molecule has 0 fully saturated rings. The molecule has 2 aliphatic heterocycles. The van der Waals surface area contributed by atoms with Crippen LogP contribution in [0.2, 0.25) is 0 Å². The Hall–Kier alpha value is -6.66. The largest absolute Gasteiger partial charge is 0.268 e. The molecule has 8 aromatic rings. The van der Waals surface area contributed by atoms with Gasteiger partial charge in [-0.15, -0.1) is 0 Å². The molecule has 2 aliphatic rings. The first-order valence-electron chi connectivity index (χ1n) is 15.7. The summed E-state index contributed by atoms with van der Waals surface area (Å²) in [6, 6.07) is 41.6. The molecule has 0 saturated heterocycles. The number of hydrogen-bond acceptors (Lipinski definition) is 4. The summed E-state index contributed by atoms with van der Waals surface area (Å²) < 4.78 is 0. The highest BCUT2D eigenvalue weighted by molar-refractivity contribution is 6.43. The van der Waals surface area contributed by atoms with Crippen LogP contribution in [0.1, 0.15) is 41.4 Å². The predicted octanol–water partition coefficient (Wildman–Crippen LogP) is 9.05. The molecule has 0 unspecified atom stereocenters. The lowest BCUT2D eigenvalue weighted by molar-refractivity contribution is 0.0873. The van der Waals surface area contributed by atoms with Gasteiger partial charge in [-0.25, -0.2) is 9.80 Å². The van der Waals surface area contributed by atoms with Crippen LogP contribution < -0.4 is 9.80 Å². The molecule has 10 rings (SSSR count). The van der Waals surface area contributed by atoms with Crippen molar-refractivity contribution in [3.63, 3.8) is 0 Å². The predicted molar refractivity (Wildman–Crippen MR) is 189 cm³/mol. The zero-order valence-electron chi connectivity index (χ0n) is 25.2. The van der Waals surface area contributed by atoms with Gasteiger partial charge in [-0.1, -0.05) is 72.8 Å². The van der Waals surface area contributed by atoms with E-state index in [1.165, 1.54) is 9.80 Å². The van der Waals surface area contributed by atoms with Crippen molar-refractivity contribution >= 4 is 88.9 Å². The molecule has 2 heterocycles. The third-order valence-corrected chi connectivity index (χ3v) is 9.82. The summed E-state index contributed by atoms with van der Waals surface area (Å²) in [6.45, 7) is 0. The highest BCUT2D eigenvalue weighted by Crippen LogP contribution is 2.43. The Morgan fingerprint density at radius 3 is 0.979 bits per heavy atom. The van der Waals surface area contributed by atoms with Gasteiger partial charge in [-0.3, -0.25) is 19.2 Å². The van der Waals surface area contributed by atoms with Gasteiger partial charge in [0.2, 0.25) is 0 Å². The maximum atomic E-state index is 14.3. The molecule has 4 amide bonds. The van der Waals surface area contributed by atoms with Crippen molar-refractivity contribution in [2.75, 3.05) is 9.80 Å². The summed E-state index contributed by atoms with van der Waals surface area (Å²) in [6.07, 6.45) is 0. The molecule has 6 heteroatoms. The van der Waals surface area contributed by atoms with Crippen molar-refractivity contribution in [2.24, 2.45) is 0 Å². The highest BCUT2D eigenvalue weighted by atomic mass is 16.2. The molecule has 8 aromatic carbocycles. The van der Waals surface area contributed by atoms with Gasteiger partial charge in [-0.2, -0.15) is 0 Å². The SMILES string of the molecule is O=C1c2ccc3c4c(ccc(c24)C(=O)N1c1cccc2cc4ccccc4cc12)C(=O)N(c1cccc2cc4ccccc4cc12)C3=O. The van der Waals surface area contributed by atoms with E-state index in [2.05, 4.69) is 0 Å². The van der Waals surface area contributed by atoms with Gasteiger partial charge in [0.25, 0.3) is 23.6 Å². The minimum atomic E-state index is -0.500. The zero-order valence-corrected chi connectivity index (χ0v) is 25.2. The number of fused-ring (bicyclic) bond motifs is 4. The average Bonchev–Trinajstić information content (AvgIpc) is 3.11. The summed E-state index contributed by atoms with van der Waals surface area (Å²) >= 11 is 0. The van der Waals surface area contributed by atoms with E-state index in [1.54, 1.807) is 36.4 Å². The van der Waals surface area contributed by atoms with Crippen molar-refractivity contribution in [1.82, 2.24) is 0 Å². The van der Waals surface area contributed by atoms with Gasteiger partial charge >= 0.3 is 0 Å². The molecule has 224 valence electrons. The Balaban J connectivity index is 1.14. The third-order valence-electron chi connectivity index (χ3n) is 9.82. The topological polar surface area (TPSA) is 74.8 Å². The number of anilines is 2. The molecule has 0 atom stereocenters. The summed E-state index contributed by atoms with van der Waals surface area (Å²) in [7, 11) is 0. The fourth-order valence-corrected chi connectivity index (χ4v) is 7.60. The maximum absolute atomic E-state index is 14.3. The molecule has 0 aromatic heterocycles. The quantitative estimate of drug-likeness (QED) is 0.143. The number of benzene rings is 8. The summed E-state index contributed by atoms with van der Waals surface area (Å²) in [4.78, 5) is 59.5. The van der Waals surface area contributed by atoms with Crippen LogP contribution in [0, 0.1) is 0 Å². The molecule has 0 N–H and O–H groups in total. The smallest absolute Gasteiger partial charge is 0.266 e. The zero-order chi connectivity index (χ0) is 32.3. The Kier molecular flexibility index (Phi) is 5.22. The fourth-order valence-electron chi connectivity index (χ4n) is 7.60. The van der Waals surface area contributed by atoms with Crippen molar-refractivity contribution in [3.05, 3.63) is 156 Å². The number of amides is 4. The molecular weight excluding hydrogens is 596 g/mol. The van der Waals surface area contributed by atoms with Crippen molar-refractivity contribution in [3.8, 4) is 0 Å². The van der Waals surface area contributed by atoms with Crippen molar-refractivity contribution in [1.29, 1.82) is 0 Å². The number of carbonyl (C=O) groups excluding carboxylic acids is 4. The summed E-state index contributed by atoms with van der Waals surface area (Å²) in [5, 5.41) is 8.14. The van der Waals surface area contributed by atoms with Crippen LogP contribution in [0.5, 0.6) is 0 Å². The van der Waals surface area contributed by atoms with Gasteiger partial charge in [0.1, 0.15) is 0 Å². The Bertz CT molecular complexity index is 2570. The standard InChI is InChI=1S/C42H22N2O4/c45-39-29-15-17-31-38-32(42(48)44(41(31)47)36-14-6-12-28-20-24-8-2-4-10-26(24)22-34(28)36)18-16-30(37(29)38)40(46)43(39)35-13-5-11-27-19-23-7-1-3-9-25(23)21-33(27)35/h1-22H. The van der Waals surface area contributed by atoms with Gasteiger partial charge < -0.3 is 0 Å². The molecule has 0 bridgehead atoms. The van der Waals surface area contributed by atoms with E-state index in [4.69, 9.17) is 0 Å². The van der Waals surface area contributed by atoms with E-state index in [0.717, 1.165) is 43.1 Å². The lowest BCUT2D eigenvalue weighted by Gasteiger charge is -2.32. The number of carbonyl (C=O) groups is 4. The van der Waals surface area contributed by atoms with Crippen LogP contribution in [-0.2, 0) is 0 Å². The number of imide groups is 2. The van der Waals surface area contributed by atoms with Crippen LogP contribution in [0.25, 0.3) is 53.9 Å². The first-order valence-corrected chi connectivity index (χ1v) is 15.7. The monoisotopic (exact) mass is 618 g/mol. The molecule has 48 heavy (non-hydrogen) atoms.